The van der Waals surface area contributed by atoms with E-state index in [1.165, 1.54) is 11.3 Å². The lowest BCUT2D eigenvalue weighted by Gasteiger charge is -2.09. The van der Waals surface area contributed by atoms with Crippen molar-refractivity contribution in [1.82, 2.24) is 15.2 Å². The van der Waals surface area contributed by atoms with Crippen LogP contribution in [-0.4, -0.2) is 28.3 Å². The van der Waals surface area contributed by atoms with E-state index in [2.05, 4.69) is 15.2 Å². The zero-order chi connectivity index (χ0) is 18.8. The number of aromatic nitrogens is 3. The van der Waals surface area contributed by atoms with Crippen molar-refractivity contribution in [2.24, 2.45) is 0 Å². The zero-order valence-corrected chi connectivity index (χ0v) is 15.4. The Balaban J connectivity index is 1.48. The molecule has 0 amide bonds. The molecule has 0 radical (unpaired) electrons. The zero-order valence-electron chi connectivity index (χ0n) is 14.6. The summed E-state index contributed by atoms with van der Waals surface area (Å²) in [6, 6.07) is 12.5. The van der Waals surface area contributed by atoms with Crippen LogP contribution in [0.1, 0.15) is 29.3 Å². The van der Waals surface area contributed by atoms with Crippen LogP contribution in [0.2, 0.25) is 0 Å². The van der Waals surface area contributed by atoms with Gasteiger partial charge in [-0.05, 0) is 49.4 Å². The molecule has 8 heteroatoms. The first-order chi connectivity index (χ1) is 13.1. The molecule has 4 aromatic rings. The van der Waals surface area contributed by atoms with Crippen molar-refractivity contribution in [2.45, 2.75) is 13.0 Å². The number of ether oxygens (including phenoxy) is 2. The third-order valence-corrected chi connectivity index (χ3v) is 4.77. The van der Waals surface area contributed by atoms with E-state index < -0.39 is 12.1 Å². The number of thiazole rings is 1. The van der Waals surface area contributed by atoms with Gasteiger partial charge in [0.05, 0.1) is 28.4 Å². The summed E-state index contributed by atoms with van der Waals surface area (Å²) in [4.78, 5) is 16.6. The fourth-order valence-corrected chi connectivity index (χ4v) is 3.23. The maximum Gasteiger partial charge on any atom is 0.338 e. The van der Waals surface area contributed by atoms with Gasteiger partial charge in [0, 0.05) is 5.56 Å². The van der Waals surface area contributed by atoms with E-state index in [9.17, 15) is 4.79 Å². The van der Waals surface area contributed by atoms with Crippen molar-refractivity contribution >= 4 is 27.5 Å². The van der Waals surface area contributed by atoms with E-state index in [0.717, 1.165) is 21.5 Å². The van der Waals surface area contributed by atoms with Crippen molar-refractivity contribution in [2.75, 3.05) is 7.11 Å². The van der Waals surface area contributed by atoms with Gasteiger partial charge >= 0.3 is 5.97 Å². The van der Waals surface area contributed by atoms with E-state index in [0.29, 0.717) is 11.5 Å². The Labute approximate surface area is 158 Å². The largest absolute Gasteiger partial charge is 0.497 e. The topological polar surface area (TPSA) is 87.3 Å². The Kier molecular flexibility index (Phi) is 4.55. The highest BCUT2D eigenvalue weighted by Gasteiger charge is 2.20. The Morgan fingerprint density at radius 2 is 1.96 bits per heavy atom. The Bertz CT molecular complexity index is 1090. The number of rotatable bonds is 5. The SMILES string of the molecule is COc1ccc(-c2nnc(C(C)OC(=O)c3ccc4ncsc4c3)o2)cc1. The molecule has 1 atom stereocenters. The third kappa shape index (κ3) is 3.52. The van der Waals surface area contributed by atoms with Crippen LogP contribution in [0.25, 0.3) is 21.7 Å². The van der Waals surface area contributed by atoms with Gasteiger partial charge in [-0.2, -0.15) is 0 Å². The molecule has 0 aliphatic rings. The van der Waals surface area contributed by atoms with Gasteiger partial charge in [-0.15, -0.1) is 21.5 Å². The molecular formula is C19H15N3O4S. The number of hydrogen-bond acceptors (Lipinski definition) is 8. The molecule has 0 saturated carbocycles. The summed E-state index contributed by atoms with van der Waals surface area (Å²) < 4.78 is 17.2. The molecule has 0 bridgehead atoms. The second-order valence-electron chi connectivity index (χ2n) is 5.76. The van der Waals surface area contributed by atoms with Crippen LogP contribution in [0.15, 0.2) is 52.4 Å². The van der Waals surface area contributed by atoms with Gasteiger partial charge in [0.15, 0.2) is 6.10 Å². The lowest BCUT2D eigenvalue weighted by atomic mass is 10.2. The van der Waals surface area contributed by atoms with E-state index >= 15 is 0 Å². The van der Waals surface area contributed by atoms with Crippen molar-refractivity contribution in [1.29, 1.82) is 0 Å². The van der Waals surface area contributed by atoms with Crippen LogP contribution in [0.3, 0.4) is 0 Å². The normalized spacial score (nSPS) is 12.1. The molecule has 0 aliphatic carbocycles. The number of hydrogen-bond donors (Lipinski definition) is 0. The minimum Gasteiger partial charge on any atom is -0.497 e. The van der Waals surface area contributed by atoms with E-state index in [1.54, 1.807) is 49.9 Å². The molecule has 0 fully saturated rings. The lowest BCUT2D eigenvalue weighted by molar-refractivity contribution is 0.0280. The highest BCUT2D eigenvalue weighted by Crippen LogP contribution is 2.25. The Hall–Kier alpha value is -3.26. The molecule has 2 heterocycles. The van der Waals surface area contributed by atoms with E-state index in [4.69, 9.17) is 13.9 Å². The maximum atomic E-state index is 12.4. The molecule has 0 spiro atoms. The Morgan fingerprint density at radius 1 is 1.15 bits per heavy atom. The van der Waals surface area contributed by atoms with Crippen molar-refractivity contribution < 1.29 is 18.7 Å². The number of benzene rings is 2. The third-order valence-electron chi connectivity index (χ3n) is 3.98. The summed E-state index contributed by atoms with van der Waals surface area (Å²) in [5.74, 6) is 0.857. The molecule has 4 rings (SSSR count). The van der Waals surface area contributed by atoms with Crippen LogP contribution in [0.5, 0.6) is 5.75 Å². The predicted octanol–water partition coefficient (Wildman–Crippen LogP) is 4.27. The van der Waals surface area contributed by atoms with Gasteiger partial charge in [-0.25, -0.2) is 9.78 Å². The average Bonchev–Trinajstić information content (AvgIpc) is 3.37. The van der Waals surface area contributed by atoms with Crippen molar-refractivity contribution in [3.63, 3.8) is 0 Å². The first-order valence-electron chi connectivity index (χ1n) is 8.16. The maximum absolute atomic E-state index is 12.4. The fourth-order valence-electron chi connectivity index (χ4n) is 2.51. The molecule has 0 aliphatic heterocycles. The van der Waals surface area contributed by atoms with E-state index in [1.807, 2.05) is 12.1 Å². The number of esters is 1. The standard InChI is InChI=1S/C19H15N3O4S/c1-11(25-19(23)13-5-8-15-16(9-13)27-10-20-15)17-21-22-18(26-17)12-3-6-14(24-2)7-4-12/h3-11H,1-2H3. The first-order valence-corrected chi connectivity index (χ1v) is 9.04. The summed E-state index contributed by atoms with van der Waals surface area (Å²) in [6.45, 7) is 1.69. The smallest absolute Gasteiger partial charge is 0.338 e. The van der Waals surface area contributed by atoms with E-state index in [-0.39, 0.29) is 5.89 Å². The van der Waals surface area contributed by atoms with Gasteiger partial charge in [0.2, 0.25) is 5.89 Å². The lowest BCUT2D eigenvalue weighted by Crippen LogP contribution is -2.09. The molecule has 2 aromatic carbocycles. The molecule has 2 aromatic heterocycles. The molecule has 0 saturated heterocycles. The average molecular weight is 381 g/mol. The van der Waals surface area contributed by atoms with Gasteiger partial charge in [0.25, 0.3) is 5.89 Å². The van der Waals surface area contributed by atoms with Crippen LogP contribution in [0, 0.1) is 0 Å². The molecular weight excluding hydrogens is 366 g/mol. The summed E-state index contributed by atoms with van der Waals surface area (Å²) in [6.07, 6.45) is -0.672. The quantitative estimate of drug-likeness (QED) is 0.477. The molecule has 136 valence electrons. The fraction of sp³-hybridized carbons (Fsp3) is 0.158. The van der Waals surface area contributed by atoms with Gasteiger partial charge in [-0.1, -0.05) is 0 Å². The summed E-state index contributed by atoms with van der Waals surface area (Å²) in [5, 5.41) is 8.01. The number of carbonyl (C=O) groups excluding carboxylic acids is 1. The van der Waals surface area contributed by atoms with Gasteiger partial charge in [0.1, 0.15) is 5.75 Å². The van der Waals surface area contributed by atoms with Crippen LogP contribution >= 0.6 is 11.3 Å². The molecule has 27 heavy (non-hydrogen) atoms. The van der Waals surface area contributed by atoms with Crippen molar-refractivity contribution in [3.8, 4) is 17.2 Å². The number of fused-ring (bicyclic) bond motifs is 1. The van der Waals surface area contributed by atoms with Crippen molar-refractivity contribution in [3.05, 3.63) is 59.4 Å². The second kappa shape index (κ2) is 7.16. The summed E-state index contributed by atoms with van der Waals surface area (Å²) in [7, 11) is 1.60. The number of methoxy groups -OCH3 is 1. The summed E-state index contributed by atoms with van der Waals surface area (Å²) >= 11 is 1.47. The highest BCUT2D eigenvalue weighted by atomic mass is 32.1. The minimum absolute atomic E-state index is 0.230. The predicted molar refractivity (Wildman–Crippen MR) is 99.7 cm³/mol. The molecule has 1 unspecified atom stereocenters. The number of nitrogens with zero attached hydrogens (tertiary/aromatic N) is 3. The van der Waals surface area contributed by atoms with Gasteiger partial charge < -0.3 is 13.9 Å². The second-order valence-corrected chi connectivity index (χ2v) is 6.64. The van der Waals surface area contributed by atoms with Gasteiger partial charge in [-0.3, -0.25) is 0 Å². The van der Waals surface area contributed by atoms with Crippen LogP contribution < -0.4 is 4.74 Å². The molecule has 7 nitrogen and oxygen atoms in total. The highest BCUT2D eigenvalue weighted by molar-refractivity contribution is 7.16. The molecule has 0 N–H and O–H groups in total. The monoisotopic (exact) mass is 381 g/mol. The Morgan fingerprint density at radius 3 is 2.74 bits per heavy atom. The number of carbonyl (C=O) groups is 1. The first kappa shape index (κ1) is 17.2. The van der Waals surface area contributed by atoms with Crippen LogP contribution in [0.4, 0.5) is 0 Å². The minimum atomic E-state index is -0.672. The van der Waals surface area contributed by atoms with Crippen LogP contribution in [-0.2, 0) is 4.74 Å². The summed E-state index contributed by atoms with van der Waals surface area (Å²) in [5.41, 5.74) is 3.80.